The van der Waals surface area contributed by atoms with Crippen LogP contribution in [0, 0.1) is 5.82 Å². The minimum Gasteiger partial charge on any atom is -0.308 e. The van der Waals surface area contributed by atoms with Gasteiger partial charge in [-0.25, -0.2) is 4.39 Å². The molecule has 1 fully saturated rings. The Bertz CT molecular complexity index is 399. The number of rotatable bonds is 2. The molecular formula is C14H19FN2. The number of likely N-dealkylation sites (tertiary alicyclic amines) is 1. The second-order valence-electron chi connectivity index (χ2n) is 5.08. The number of hydrogen-bond donors (Lipinski definition) is 1. The Morgan fingerprint density at radius 3 is 2.94 bits per heavy atom. The van der Waals surface area contributed by atoms with E-state index in [1.807, 2.05) is 6.07 Å². The van der Waals surface area contributed by atoms with Crippen LogP contribution in [-0.4, -0.2) is 31.1 Å². The number of fused-ring (bicyclic) bond motifs is 1. The number of halogens is 1. The SMILES string of the molecule is Fc1cccc2c1C(CN1CCCC1)NCC2. The molecule has 3 heteroatoms. The third kappa shape index (κ3) is 2.22. The van der Waals surface area contributed by atoms with Crippen molar-refractivity contribution in [2.75, 3.05) is 26.2 Å². The summed E-state index contributed by atoms with van der Waals surface area (Å²) in [5.74, 6) is -0.0427. The van der Waals surface area contributed by atoms with Crippen molar-refractivity contribution in [3.05, 3.63) is 35.1 Å². The maximum absolute atomic E-state index is 13.9. The van der Waals surface area contributed by atoms with E-state index in [4.69, 9.17) is 0 Å². The van der Waals surface area contributed by atoms with E-state index in [2.05, 4.69) is 16.3 Å². The summed E-state index contributed by atoms with van der Waals surface area (Å²) in [4.78, 5) is 2.44. The lowest BCUT2D eigenvalue weighted by molar-refractivity contribution is 0.283. The second-order valence-corrected chi connectivity index (χ2v) is 5.08. The summed E-state index contributed by atoms with van der Waals surface area (Å²) in [5, 5.41) is 3.46. The molecule has 0 aromatic heterocycles. The van der Waals surface area contributed by atoms with Crippen LogP contribution in [0.5, 0.6) is 0 Å². The van der Waals surface area contributed by atoms with Crippen molar-refractivity contribution < 1.29 is 4.39 Å². The van der Waals surface area contributed by atoms with Crippen LogP contribution in [0.25, 0.3) is 0 Å². The molecule has 1 aromatic carbocycles. The molecule has 0 radical (unpaired) electrons. The molecule has 3 rings (SSSR count). The monoisotopic (exact) mass is 234 g/mol. The molecular weight excluding hydrogens is 215 g/mol. The van der Waals surface area contributed by atoms with Crippen LogP contribution < -0.4 is 5.32 Å². The first-order valence-corrected chi connectivity index (χ1v) is 6.57. The maximum Gasteiger partial charge on any atom is 0.128 e. The Hall–Kier alpha value is -0.930. The molecule has 1 saturated heterocycles. The molecule has 1 N–H and O–H groups in total. The van der Waals surface area contributed by atoms with E-state index in [0.29, 0.717) is 0 Å². The van der Waals surface area contributed by atoms with E-state index >= 15 is 0 Å². The van der Waals surface area contributed by atoms with Crippen molar-refractivity contribution in [2.45, 2.75) is 25.3 Å². The molecule has 0 spiro atoms. The Morgan fingerprint density at radius 1 is 1.29 bits per heavy atom. The summed E-state index contributed by atoms with van der Waals surface area (Å²) < 4.78 is 13.9. The molecule has 2 aliphatic heterocycles. The Morgan fingerprint density at radius 2 is 2.12 bits per heavy atom. The molecule has 1 atom stereocenters. The van der Waals surface area contributed by atoms with Gasteiger partial charge in [-0.1, -0.05) is 12.1 Å². The van der Waals surface area contributed by atoms with Gasteiger partial charge in [0.15, 0.2) is 0 Å². The molecule has 1 aromatic rings. The lowest BCUT2D eigenvalue weighted by atomic mass is 9.93. The summed E-state index contributed by atoms with van der Waals surface area (Å²) >= 11 is 0. The molecule has 17 heavy (non-hydrogen) atoms. The van der Waals surface area contributed by atoms with Gasteiger partial charge in [0.05, 0.1) is 0 Å². The summed E-state index contributed by atoms with van der Waals surface area (Å²) in [6.45, 7) is 4.26. The highest BCUT2D eigenvalue weighted by Gasteiger charge is 2.25. The van der Waals surface area contributed by atoms with Crippen molar-refractivity contribution >= 4 is 0 Å². The van der Waals surface area contributed by atoms with Crippen LogP contribution in [0.1, 0.15) is 30.0 Å². The normalized spacial score (nSPS) is 24.9. The van der Waals surface area contributed by atoms with E-state index in [0.717, 1.165) is 25.1 Å². The van der Waals surface area contributed by atoms with Crippen LogP contribution >= 0.6 is 0 Å². The van der Waals surface area contributed by atoms with Gasteiger partial charge < -0.3 is 10.2 Å². The second kappa shape index (κ2) is 4.75. The number of nitrogens with zero attached hydrogens (tertiary/aromatic N) is 1. The first kappa shape index (κ1) is 11.2. The van der Waals surface area contributed by atoms with E-state index in [1.165, 1.54) is 31.5 Å². The van der Waals surface area contributed by atoms with Crippen LogP contribution in [0.3, 0.4) is 0 Å². The summed E-state index contributed by atoms with van der Waals surface area (Å²) in [6.07, 6.45) is 3.53. The zero-order valence-corrected chi connectivity index (χ0v) is 10.1. The Kier molecular flexibility index (Phi) is 3.12. The van der Waals surface area contributed by atoms with Gasteiger partial charge in [0.25, 0.3) is 0 Å². The summed E-state index contributed by atoms with van der Waals surface area (Å²) in [6, 6.07) is 5.66. The van der Waals surface area contributed by atoms with Gasteiger partial charge in [-0.05, 0) is 50.5 Å². The van der Waals surface area contributed by atoms with Crippen LogP contribution in [-0.2, 0) is 6.42 Å². The minimum absolute atomic E-state index is 0.0427. The average molecular weight is 234 g/mol. The fraction of sp³-hybridized carbons (Fsp3) is 0.571. The third-order valence-corrected chi connectivity index (χ3v) is 3.92. The van der Waals surface area contributed by atoms with Crippen LogP contribution in [0.4, 0.5) is 4.39 Å². The van der Waals surface area contributed by atoms with Crippen molar-refractivity contribution in [2.24, 2.45) is 0 Å². The highest BCUT2D eigenvalue weighted by atomic mass is 19.1. The smallest absolute Gasteiger partial charge is 0.128 e. The first-order valence-electron chi connectivity index (χ1n) is 6.57. The molecule has 0 amide bonds. The number of benzene rings is 1. The van der Waals surface area contributed by atoms with Crippen molar-refractivity contribution in [1.29, 1.82) is 0 Å². The van der Waals surface area contributed by atoms with Gasteiger partial charge in [-0.3, -0.25) is 0 Å². The molecule has 0 saturated carbocycles. The summed E-state index contributed by atoms with van der Waals surface area (Å²) in [5.41, 5.74) is 2.10. The molecule has 1 unspecified atom stereocenters. The fourth-order valence-electron chi connectivity index (χ4n) is 3.05. The van der Waals surface area contributed by atoms with Gasteiger partial charge in [-0.15, -0.1) is 0 Å². The zero-order chi connectivity index (χ0) is 11.7. The van der Waals surface area contributed by atoms with Gasteiger partial charge in [0.1, 0.15) is 5.82 Å². The highest BCUT2D eigenvalue weighted by molar-refractivity contribution is 5.34. The van der Waals surface area contributed by atoms with E-state index in [9.17, 15) is 4.39 Å². The molecule has 92 valence electrons. The molecule has 0 bridgehead atoms. The first-order chi connectivity index (χ1) is 8.34. The van der Waals surface area contributed by atoms with Gasteiger partial charge >= 0.3 is 0 Å². The lowest BCUT2D eigenvalue weighted by Gasteiger charge is -2.30. The van der Waals surface area contributed by atoms with E-state index in [1.54, 1.807) is 6.07 Å². The van der Waals surface area contributed by atoms with E-state index in [-0.39, 0.29) is 11.9 Å². The molecule has 0 aliphatic carbocycles. The van der Waals surface area contributed by atoms with Gasteiger partial charge in [0, 0.05) is 18.2 Å². The fourth-order valence-corrected chi connectivity index (χ4v) is 3.05. The van der Waals surface area contributed by atoms with E-state index < -0.39 is 0 Å². The average Bonchev–Trinajstić information content (AvgIpc) is 2.82. The predicted molar refractivity (Wildman–Crippen MR) is 66.5 cm³/mol. The quantitative estimate of drug-likeness (QED) is 0.843. The van der Waals surface area contributed by atoms with Crippen LogP contribution in [0.15, 0.2) is 18.2 Å². The third-order valence-electron chi connectivity index (χ3n) is 3.92. The van der Waals surface area contributed by atoms with Gasteiger partial charge in [0.2, 0.25) is 0 Å². The maximum atomic E-state index is 13.9. The minimum atomic E-state index is -0.0427. The van der Waals surface area contributed by atoms with Crippen LogP contribution in [0.2, 0.25) is 0 Å². The summed E-state index contributed by atoms with van der Waals surface area (Å²) in [7, 11) is 0. The molecule has 2 heterocycles. The Balaban J connectivity index is 1.83. The van der Waals surface area contributed by atoms with Gasteiger partial charge in [-0.2, -0.15) is 0 Å². The largest absolute Gasteiger partial charge is 0.308 e. The Labute approximate surface area is 102 Å². The van der Waals surface area contributed by atoms with Crippen molar-refractivity contribution in [1.82, 2.24) is 10.2 Å². The standard InChI is InChI=1S/C14H19FN2/c15-12-5-3-4-11-6-7-16-13(14(11)12)10-17-8-1-2-9-17/h3-5,13,16H,1-2,6-10H2. The lowest BCUT2D eigenvalue weighted by Crippen LogP contribution is -2.38. The molecule has 2 nitrogen and oxygen atoms in total. The zero-order valence-electron chi connectivity index (χ0n) is 10.1. The predicted octanol–water partition coefficient (Wildman–Crippen LogP) is 2.11. The number of nitrogens with one attached hydrogen (secondary N) is 1. The topological polar surface area (TPSA) is 15.3 Å². The van der Waals surface area contributed by atoms with Crippen molar-refractivity contribution in [3.63, 3.8) is 0 Å². The highest BCUT2D eigenvalue weighted by Crippen LogP contribution is 2.27. The molecule has 2 aliphatic rings. The van der Waals surface area contributed by atoms with Crippen molar-refractivity contribution in [3.8, 4) is 0 Å². The number of hydrogen-bond acceptors (Lipinski definition) is 2.